The predicted octanol–water partition coefficient (Wildman–Crippen LogP) is 2.62. The van der Waals surface area contributed by atoms with E-state index in [-0.39, 0.29) is 0 Å². The van der Waals surface area contributed by atoms with Gasteiger partial charge in [0.05, 0.1) is 0 Å². The highest BCUT2D eigenvalue weighted by Crippen LogP contribution is 2.11. The summed E-state index contributed by atoms with van der Waals surface area (Å²) in [4.78, 5) is 1.00. The lowest BCUT2D eigenvalue weighted by Crippen LogP contribution is -1.58. The van der Waals surface area contributed by atoms with Crippen LogP contribution >= 0.6 is 23.4 Å². The van der Waals surface area contributed by atoms with E-state index in [1.54, 1.807) is 17.8 Å². The second kappa shape index (κ2) is 4.28. The van der Waals surface area contributed by atoms with E-state index >= 15 is 0 Å². The van der Waals surface area contributed by atoms with Crippen LogP contribution in [-0.2, 0) is 0 Å². The van der Waals surface area contributed by atoms with Crippen molar-refractivity contribution in [2.75, 3.05) is 6.26 Å². The van der Waals surface area contributed by atoms with E-state index in [0.29, 0.717) is 0 Å². The number of thioether (sulfide) groups is 1. The zero-order chi connectivity index (χ0) is 5.70. The van der Waals surface area contributed by atoms with Gasteiger partial charge < -0.3 is 0 Å². The molecule has 0 amide bonds. The van der Waals surface area contributed by atoms with Crippen molar-refractivity contribution < 1.29 is 0 Å². The minimum absolute atomic E-state index is 1.00. The Kier molecular flexibility index (Phi) is 4.36. The first-order valence-electron chi connectivity index (χ1n) is 1.82. The molecule has 0 radical (unpaired) electrons. The van der Waals surface area contributed by atoms with Gasteiger partial charge in [0, 0.05) is 10.4 Å². The van der Waals surface area contributed by atoms with Gasteiger partial charge in [-0.1, -0.05) is 24.3 Å². The number of allylic oxidation sites excluding steroid dienone is 1. The SMILES string of the molecule is C=C/C(=C/Cl)SC. The third kappa shape index (κ3) is 2.77. The van der Waals surface area contributed by atoms with Crippen LogP contribution in [0.1, 0.15) is 0 Å². The fourth-order valence-corrected chi connectivity index (χ4v) is 0.785. The van der Waals surface area contributed by atoms with Crippen LogP contribution in [0.4, 0.5) is 0 Å². The average molecular weight is 135 g/mol. The molecule has 0 saturated heterocycles. The molecule has 0 bridgehead atoms. The molecule has 0 fully saturated rings. The molecule has 0 aliphatic heterocycles. The molecule has 0 unspecified atom stereocenters. The molecule has 0 spiro atoms. The molecule has 0 aromatic heterocycles. The van der Waals surface area contributed by atoms with Crippen molar-refractivity contribution in [3.8, 4) is 0 Å². The van der Waals surface area contributed by atoms with E-state index in [4.69, 9.17) is 11.6 Å². The maximum Gasteiger partial charge on any atom is 0.0178 e. The van der Waals surface area contributed by atoms with Gasteiger partial charge >= 0.3 is 0 Å². The molecular formula is C5H7ClS. The van der Waals surface area contributed by atoms with E-state index in [9.17, 15) is 0 Å². The van der Waals surface area contributed by atoms with Gasteiger partial charge in [-0.3, -0.25) is 0 Å². The lowest BCUT2D eigenvalue weighted by Gasteiger charge is -1.86. The Bertz CT molecular complexity index is 86.1. The molecule has 0 nitrogen and oxygen atoms in total. The van der Waals surface area contributed by atoms with Gasteiger partial charge in [-0.25, -0.2) is 0 Å². The molecule has 0 atom stereocenters. The quantitative estimate of drug-likeness (QED) is 0.524. The summed E-state index contributed by atoms with van der Waals surface area (Å²) in [5, 5.41) is 0. The lowest BCUT2D eigenvalue weighted by atomic mass is 10.6. The molecule has 2 heteroatoms. The normalized spacial score (nSPS) is 11.4. The highest BCUT2D eigenvalue weighted by Gasteiger charge is 1.79. The van der Waals surface area contributed by atoms with Crippen molar-refractivity contribution in [3.63, 3.8) is 0 Å². The number of rotatable bonds is 2. The molecule has 0 rings (SSSR count). The summed E-state index contributed by atoms with van der Waals surface area (Å²) in [6, 6.07) is 0. The fourth-order valence-electron chi connectivity index (χ4n) is 0.172. The first-order valence-corrected chi connectivity index (χ1v) is 3.48. The number of hydrogen-bond acceptors (Lipinski definition) is 1. The standard InChI is InChI=1S/C5H7ClS/c1-3-5(4-6)7-2/h3-4H,1H2,2H3/b5-4-. The van der Waals surface area contributed by atoms with E-state index in [1.165, 1.54) is 5.54 Å². The Labute approximate surface area is 53.2 Å². The molecule has 40 valence electrons. The Morgan fingerprint density at radius 3 is 2.43 bits per heavy atom. The summed E-state index contributed by atoms with van der Waals surface area (Å²) in [6.07, 6.45) is 3.67. The van der Waals surface area contributed by atoms with Crippen LogP contribution in [0.15, 0.2) is 23.1 Å². The topological polar surface area (TPSA) is 0 Å². The maximum absolute atomic E-state index is 5.31. The Morgan fingerprint density at radius 2 is 2.43 bits per heavy atom. The van der Waals surface area contributed by atoms with Crippen molar-refractivity contribution in [2.24, 2.45) is 0 Å². The van der Waals surface area contributed by atoms with Crippen molar-refractivity contribution >= 4 is 23.4 Å². The highest BCUT2D eigenvalue weighted by molar-refractivity contribution is 8.02. The van der Waals surface area contributed by atoms with Crippen molar-refractivity contribution in [1.29, 1.82) is 0 Å². The van der Waals surface area contributed by atoms with Crippen LogP contribution in [0.3, 0.4) is 0 Å². The first kappa shape index (κ1) is 7.12. The molecule has 0 aliphatic rings. The predicted molar refractivity (Wildman–Crippen MR) is 37.6 cm³/mol. The number of hydrogen-bond donors (Lipinski definition) is 0. The zero-order valence-corrected chi connectivity index (χ0v) is 5.72. The van der Waals surface area contributed by atoms with Crippen LogP contribution in [-0.4, -0.2) is 6.26 Å². The summed E-state index contributed by atoms with van der Waals surface area (Å²) in [5.74, 6) is 0. The van der Waals surface area contributed by atoms with Crippen LogP contribution in [0, 0.1) is 0 Å². The Balaban J connectivity index is 3.60. The highest BCUT2D eigenvalue weighted by atomic mass is 35.5. The monoisotopic (exact) mass is 134 g/mol. The van der Waals surface area contributed by atoms with Crippen molar-refractivity contribution in [3.05, 3.63) is 23.1 Å². The second-order valence-corrected chi connectivity index (χ2v) is 2.02. The maximum atomic E-state index is 5.31. The molecule has 0 aromatic rings. The van der Waals surface area contributed by atoms with Crippen LogP contribution in [0.5, 0.6) is 0 Å². The summed E-state index contributed by atoms with van der Waals surface area (Å²) < 4.78 is 0. The van der Waals surface area contributed by atoms with Gasteiger partial charge in [0.2, 0.25) is 0 Å². The third-order valence-electron chi connectivity index (χ3n) is 0.544. The molecule has 0 aliphatic carbocycles. The summed E-state index contributed by atoms with van der Waals surface area (Å²) in [7, 11) is 0. The summed E-state index contributed by atoms with van der Waals surface area (Å²) in [6.45, 7) is 3.53. The van der Waals surface area contributed by atoms with Crippen LogP contribution < -0.4 is 0 Å². The van der Waals surface area contributed by atoms with Crippen LogP contribution in [0.25, 0.3) is 0 Å². The average Bonchev–Trinajstić information content (AvgIpc) is 1.72. The van der Waals surface area contributed by atoms with E-state index in [0.717, 1.165) is 4.91 Å². The van der Waals surface area contributed by atoms with Gasteiger partial charge in [0.15, 0.2) is 0 Å². The molecule has 0 saturated carbocycles. The molecule has 0 N–H and O–H groups in total. The van der Waals surface area contributed by atoms with E-state index in [2.05, 4.69) is 6.58 Å². The van der Waals surface area contributed by atoms with Gasteiger partial charge in [-0.05, 0) is 6.26 Å². The van der Waals surface area contributed by atoms with Crippen LogP contribution in [0.2, 0.25) is 0 Å². The van der Waals surface area contributed by atoms with Gasteiger partial charge in [0.25, 0.3) is 0 Å². The Hall–Kier alpha value is 0.120. The summed E-state index contributed by atoms with van der Waals surface area (Å²) >= 11 is 6.89. The smallest absolute Gasteiger partial charge is 0.0178 e. The molecule has 0 heterocycles. The third-order valence-corrected chi connectivity index (χ3v) is 1.66. The molecular weight excluding hydrogens is 128 g/mol. The van der Waals surface area contributed by atoms with E-state index in [1.807, 2.05) is 6.26 Å². The minimum Gasteiger partial charge on any atom is -0.129 e. The lowest BCUT2D eigenvalue weighted by molar-refractivity contribution is 2.02. The van der Waals surface area contributed by atoms with E-state index < -0.39 is 0 Å². The zero-order valence-electron chi connectivity index (χ0n) is 4.15. The number of halogens is 1. The first-order chi connectivity index (χ1) is 3.35. The minimum atomic E-state index is 1.00. The molecule has 7 heavy (non-hydrogen) atoms. The summed E-state index contributed by atoms with van der Waals surface area (Å²) in [5.41, 5.74) is 1.51. The molecule has 0 aromatic carbocycles. The second-order valence-electron chi connectivity index (χ2n) is 0.920. The fraction of sp³-hybridized carbons (Fsp3) is 0.200. The Morgan fingerprint density at radius 1 is 1.86 bits per heavy atom. The largest absolute Gasteiger partial charge is 0.129 e. The van der Waals surface area contributed by atoms with Gasteiger partial charge in [-0.2, -0.15) is 0 Å². The van der Waals surface area contributed by atoms with Gasteiger partial charge in [-0.15, -0.1) is 11.8 Å². The van der Waals surface area contributed by atoms with Crippen molar-refractivity contribution in [1.82, 2.24) is 0 Å². The van der Waals surface area contributed by atoms with Crippen molar-refractivity contribution in [2.45, 2.75) is 0 Å². The van der Waals surface area contributed by atoms with Gasteiger partial charge in [0.1, 0.15) is 0 Å².